The molecule has 1 N–H and O–H groups in total. The van der Waals surface area contributed by atoms with Crippen molar-refractivity contribution in [3.63, 3.8) is 0 Å². The third-order valence-electron chi connectivity index (χ3n) is 4.90. The molecular weight excluding hydrogens is 476 g/mol. The number of sulfone groups is 1. The van der Waals surface area contributed by atoms with Gasteiger partial charge in [-0.2, -0.15) is 10.0 Å². The lowest BCUT2D eigenvalue weighted by Crippen LogP contribution is -2.35. The minimum absolute atomic E-state index is 0.0170. The molecule has 2 aromatic rings. The highest BCUT2D eigenvalue weighted by Crippen LogP contribution is 2.34. The second-order valence-corrected chi connectivity index (χ2v) is 10.6. The van der Waals surface area contributed by atoms with E-state index in [1.54, 1.807) is 18.2 Å². The maximum atomic E-state index is 12.6. The van der Waals surface area contributed by atoms with Gasteiger partial charge in [0.05, 0.1) is 12.2 Å². The Labute approximate surface area is 201 Å². The minimum atomic E-state index is -3.59. The molecule has 1 atom stereocenters. The lowest BCUT2D eigenvalue weighted by Gasteiger charge is -2.20. The van der Waals surface area contributed by atoms with Gasteiger partial charge in [0.1, 0.15) is 6.10 Å². The van der Waals surface area contributed by atoms with E-state index < -0.39 is 15.7 Å². The molecule has 0 radical (unpaired) electrons. The van der Waals surface area contributed by atoms with Crippen LogP contribution in [0.15, 0.2) is 64.2 Å². The van der Waals surface area contributed by atoms with Gasteiger partial charge in [-0.05, 0) is 54.9 Å². The van der Waals surface area contributed by atoms with E-state index >= 15 is 0 Å². The molecule has 2 aromatic carbocycles. The zero-order valence-electron chi connectivity index (χ0n) is 18.7. The molecule has 1 amide bonds. The van der Waals surface area contributed by atoms with Crippen LogP contribution in [-0.2, 0) is 14.6 Å². The van der Waals surface area contributed by atoms with Crippen LogP contribution in [0.2, 0.25) is 0 Å². The van der Waals surface area contributed by atoms with Crippen molar-refractivity contribution in [1.82, 2.24) is 5.01 Å². The molecule has 9 nitrogen and oxygen atoms in total. The van der Waals surface area contributed by atoms with Gasteiger partial charge in [0.25, 0.3) is 5.91 Å². The predicted octanol–water partition coefficient (Wildman–Crippen LogP) is 3.85. The number of aliphatic imine (C=N–C) groups is 1. The first kappa shape index (κ1) is 23.7. The lowest BCUT2D eigenvalue weighted by molar-refractivity contribution is -0.114. The molecule has 34 heavy (non-hydrogen) atoms. The number of hydrazone groups is 1. The molecule has 0 fully saturated rings. The van der Waals surface area contributed by atoms with Gasteiger partial charge in [-0.3, -0.25) is 10.2 Å². The van der Waals surface area contributed by atoms with Crippen LogP contribution in [0.1, 0.15) is 31.1 Å². The summed E-state index contributed by atoms with van der Waals surface area (Å²) in [7, 11) is -3.59. The average molecular weight is 499 g/mol. The fourth-order valence-electron chi connectivity index (χ4n) is 3.25. The van der Waals surface area contributed by atoms with Crippen molar-refractivity contribution in [3.8, 4) is 11.5 Å². The fourth-order valence-corrected chi connectivity index (χ4v) is 4.94. The Morgan fingerprint density at radius 2 is 1.91 bits per heavy atom. The Kier molecular flexibility index (Phi) is 6.58. The van der Waals surface area contributed by atoms with E-state index in [1.165, 1.54) is 6.08 Å². The van der Waals surface area contributed by atoms with Crippen molar-refractivity contribution >= 4 is 49.0 Å². The van der Waals surface area contributed by atoms with Crippen molar-refractivity contribution in [2.24, 2.45) is 10.1 Å². The monoisotopic (exact) mass is 498 g/mol. The van der Waals surface area contributed by atoms with E-state index in [1.807, 2.05) is 44.2 Å². The summed E-state index contributed by atoms with van der Waals surface area (Å²) in [6.45, 7) is 4.21. The molecule has 0 aliphatic carbocycles. The molecule has 1 unspecified atom stereocenters. The van der Waals surface area contributed by atoms with Gasteiger partial charge in [0, 0.05) is 6.26 Å². The van der Waals surface area contributed by atoms with Crippen LogP contribution in [-0.4, -0.2) is 47.6 Å². The number of hydrogen-bond acceptors (Lipinski definition) is 8. The van der Waals surface area contributed by atoms with Crippen molar-refractivity contribution in [3.05, 3.63) is 65.2 Å². The Hall–Kier alpha value is -3.44. The standard InChI is InChI=1S/C23H22N4O5S2/c1-4-31-19-13-15(10-11-18(19)32-14(2)16-8-6-5-7-9-16)12-17-20(24)27-22(25-21(17)28)33-23(26-27)34(3,29)30/h5-14,24H,4H2,1-3H3/b17-12-,24-20?. The van der Waals surface area contributed by atoms with Gasteiger partial charge in [0.2, 0.25) is 19.4 Å². The SMILES string of the molecule is CCOc1cc(/C=C2/C(=N)N3N=C(S(C)(=O)=O)SC3=NC2=O)ccc1OC(C)c1ccccc1. The number of thioether (sulfide) groups is 1. The van der Waals surface area contributed by atoms with Crippen molar-refractivity contribution < 1.29 is 22.7 Å². The van der Waals surface area contributed by atoms with Gasteiger partial charge < -0.3 is 9.47 Å². The quantitative estimate of drug-likeness (QED) is 0.601. The Balaban J connectivity index is 1.63. The number of ether oxygens (including phenoxy) is 2. The van der Waals surface area contributed by atoms with E-state index in [2.05, 4.69) is 10.1 Å². The van der Waals surface area contributed by atoms with Gasteiger partial charge in [-0.1, -0.05) is 36.4 Å². The first-order chi connectivity index (χ1) is 16.2. The largest absolute Gasteiger partial charge is 0.490 e. The maximum absolute atomic E-state index is 12.6. The average Bonchev–Trinajstić information content (AvgIpc) is 3.24. The number of amidine groups is 2. The molecule has 0 saturated carbocycles. The summed E-state index contributed by atoms with van der Waals surface area (Å²) in [4.78, 5) is 16.5. The van der Waals surface area contributed by atoms with E-state index in [-0.39, 0.29) is 27.1 Å². The van der Waals surface area contributed by atoms with Crippen LogP contribution in [0.4, 0.5) is 0 Å². The second-order valence-electron chi connectivity index (χ2n) is 7.47. The second kappa shape index (κ2) is 9.43. The summed E-state index contributed by atoms with van der Waals surface area (Å²) < 4.78 is 35.3. The molecule has 4 rings (SSSR count). The maximum Gasteiger partial charge on any atom is 0.283 e. The topological polar surface area (TPSA) is 121 Å². The number of amides is 1. The Bertz CT molecular complexity index is 1350. The molecule has 0 saturated heterocycles. The summed E-state index contributed by atoms with van der Waals surface area (Å²) >= 11 is 0.745. The van der Waals surface area contributed by atoms with E-state index in [4.69, 9.17) is 14.9 Å². The van der Waals surface area contributed by atoms with Gasteiger partial charge in [0.15, 0.2) is 17.3 Å². The molecule has 0 bridgehead atoms. The molecule has 176 valence electrons. The van der Waals surface area contributed by atoms with E-state index in [9.17, 15) is 13.2 Å². The fraction of sp³-hybridized carbons (Fsp3) is 0.217. The molecule has 0 aromatic heterocycles. The Morgan fingerprint density at radius 1 is 1.18 bits per heavy atom. The highest BCUT2D eigenvalue weighted by atomic mass is 32.3. The number of nitrogens with one attached hydrogen (secondary N) is 1. The van der Waals surface area contributed by atoms with Gasteiger partial charge in [-0.25, -0.2) is 8.42 Å². The van der Waals surface area contributed by atoms with Gasteiger partial charge in [-0.15, -0.1) is 5.10 Å². The number of nitrogens with zero attached hydrogens (tertiary/aromatic N) is 3. The van der Waals surface area contributed by atoms with Crippen LogP contribution in [0.25, 0.3) is 6.08 Å². The van der Waals surface area contributed by atoms with Crippen LogP contribution >= 0.6 is 11.8 Å². The summed E-state index contributed by atoms with van der Waals surface area (Å²) in [5.41, 5.74) is 1.59. The van der Waals surface area contributed by atoms with Crippen LogP contribution in [0, 0.1) is 5.41 Å². The first-order valence-electron chi connectivity index (χ1n) is 10.4. The molecule has 0 spiro atoms. The first-order valence-corrected chi connectivity index (χ1v) is 13.1. The lowest BCUT2D eigenvalue weighted by atomic mass is 10.1. The van der Waals surface area contributed by atoms with Crippen LogP contribution < -0.4 is 9.47 Å². The predicted molar refractivity (Wildman–Crippen MR) is 133 cm³/mol. The van der Waals surface area contributed by atoms with Crippen LogP contribution in [0.5, 0.6) is 11.5 Å². The zero-order valence-corrected chi connectivity index (χ0v) is 20.3. The van der Waals surface area contributed by atoms with E-state index in [0.717, 1.165) is 28.6 Å². The van der Waals surface area contributed by atoms with E-state index in [0.29, 0.717) is 23.7 Å². The molecule has 11 heteroatoms. The number of hydrogen-bond donors (Lipinski definition) is 1. The smallest absolute Gasteiger partial charge is 0.283 e. The summed E-state index contributed by atoms with van der Waals surface area (Å²) in [6.07, 6.45) is 2.30. The van der Waals surface area contributed by atoms with Crippen LogP contribution in [0.3, 0.4) is 0 Å². The molecule has 2 heterocycles. The number of rotatable bonds is 6. The number of carbonyl (C=O) groups is 1. The molecule has 2 aliphatic heterocycles. The van der Waals surface area contributed by atoms with Crippen molar-refractivity contribution in [1.29, 1.82) is 5.41 Å². The summed E-state index contributed by atoms with van der Waals surface area (Å²) in [6, 6.07) is 15.0. The number of carbonyl (C=O) groups excluding carboxylic acids is 1. The zero-order chi connectivity index (χ0) is 24.5. The minimum Gasteiger partial charge on any atom is -0.490 e. The molecular formula is C23H22N4O5S2. The highest BCUT2D eigenvalue weighted by molar-refractivity contribution is 8.42. The number of fused-ring (bicyclic) bond motifs is 1. The summed E-state index contributed by atoms with van der Waals surface area (Å²) in [5.74, 6) is 0.138. The third-order valence-corrected chi connectivity index (χ3v) is 7.48. The third kappa shape index (κ3) is 4.90. The van der Waals surface area contributed by atoms with Gasteiger partial charge >= 0.3 is 0 Å². The number of benzene rings is 2. The Morgan fingerprint density at radius 3 is 2.59 bits per heavy atom. The summed E-state index contributed by atoms with van der Waals surface area (Å²) in [5, 5.41) is 13.4. The highest BCUT2D eigenvalue weighted by Gasteiger charge is 2.38. The van der Waals surface area contributed by atoms with Crippen molar-refractivity contribution in [2.45, 2.75) is 20.0 Å². The van der Waals surface area contributed by atoms with Crippen molar-refractivity contribution in [2.75, 3.05) is 12.9 Å². The normalized spacial score (nSPS) is 17.9. The molecule has 2 aliphatic rings.